The Kier molecular flexibility index (Phi) is 4.90. The van der Waals surface area contributed by atoms with E-state index < -0.39 is 0 Å². The zero-order valence-corrected chi connectivity index (χ0v) is 6.96. The molecule has 62 valence electrons. The van der Waals surface area contributed by atoms with E-state index in [2.05, 4.69) is 9.47 Å². The van der Waals surface area contributed by atoms with Gasteiger partial charge in [-0.15, -0.1) is 0 Å². The highest BCUT2D eigenvalue weighted by Gasteiger charge is 1.91. The molecule has 3 nitrogen and oxygen atoms in total. The van der Waals surface area contributed by atoms with Crippen molar-refractivity contribution in [2.24, 2.45) is 0 Å². The Balaban J connectivity index is 4.00. The zero-order valence-electron chi connectivity index (χ0n) is 6.96. The monoisotopic (exact) mass is 156 g/mol. The second-order valence-corrected chi connectivity index (χ2v) is 1.95. The molecule has 0 radical (unpaired) electrons. The van der Waals surface area contributed by atoms with Gasteiger partial charge in [0.2, 0.25) is 0 Å². The van der Waals surface area contributed by atoms with Crippen LogP contribution in [-0.2, 0) is 14.3 Å². The quantitative estimate of drug-likeness (QED) is 0.267. The van der Waals surface area contributed by atoms with E-state index in [-0.39, 0.29) is 5.97 Å². The van der Waals surface area contributed by atoms with Crippen molar-refractivity contribution < 1.29 is 14.3 Å². The SMILES string of the molecule is COC=CC(C)=CC(=O)OC. The first-order chi connectivity index (χ1) is 5.20. The number of carbonyl (C=O) groups excluding carboxylic acids is 1. The predicted molar refractivity (Wildman–Crippen MR) is 41.9 cm³/mol. The van der Waals surface area contributed by atoms with E-state index in [1.165, 1.54) is 19.4 Å². The highest BCUT2D eigenvalue weighted by molar-refractivity contribution is 5.83. The standard InChI is InChI=1S/C8H12O3/c1-7(4-5-10-2)6-8(9)11-3/h4-6H,1-3H3. The maximum atomic E-state index is 10.6. The van der Waals surface area contributed by atoms with E-state index in [4.69, 9.17) is 0 Å². The molecule has 0 fully saturated rings. The van der Waals surface area contributed by atoms with Crippen molar-refractivity contribution in [3.05, 3.63) is 24.0 Å². The zero-order chi connectivity index (χ0) is 8.69. The molecule has 0 saturated heterocycles. The summed E-state index contributed by atoms with van der Waals surface area (Å²) in [6.07, 6.45) is 4.56. The highest BCUT2D eigenvalue weighted by atomic mass is 16.5. The Morgan fingerprint density at radius 1 is 1.36 bits per heavy atom. The van der Waals surface area contributed by atoms with Crippen LogP contribution in [0.25, 0.3) is 0 Å². The maximum Gasteiger partial charge on any atom is 0.330 e. The minimum Gasteiger partial charge on any atom is -0.504 e. The van der Waals surface area contributed by atoms with E-state index in [0.717, 1.165) is 5.57 Å². The first kappa shape index (κ1) is 9.75. The summed E-state index contributed by atoms with van der Waals surface area (Å²) in [6, 6.07) is 0. The molecular weight excluding hydrogens is 144 g/mol. The summed E-state index contributed by atoms with van der Waals surface area (Å²) in [5.74, 6) is -0.358. The van der Waals surface area contributed by atoms with E-state index in [0.29, 0.717) is 0 Å². The molecule has 0 aromatic heterocycles. The minimum atomic E-state index is -0.358. The molecule has 0 bridgehead atoms. The molecule has 0 unspecified atom stereocenters. The second-order valence-electron chi connectivity index (χ2n) is 1.95. The van der Waals surface area contributed by atoms with Crippen molar-refractivity contribution in [1.29, 1.82) is 0 Å². The summed E-state index contributed by atoms with van der Waals surface area (Å²) in [5.41, 5.74) is 0.790. The van der Waals surface area contributed by atoms with Gasteiger partial charge in [-0.25, -0.2) is 4.79 Å². The van der Waals surface area contributed by atoms with Gasteiger partial charge in [-0.1, -0.05) is 0 Å². The molecule has 0 saturated carbocycles. The van der Waals surface area contributed by atoms with E-state index in [1.54, 1.807) is 20.1 Å². The van der Waals surface area contributed by atoms with E-state index in [1.807, 2.05) is 0 Å². The van der Waals surface area contributed by atoms with Crippen LogP contribution in [0.2, 0.25) is 0 Å². The molecule has 11 heavy (non-hydrogen) atoms. The lowest BCUT2D eigenvalue weighted by Gasteiger charge is -1.92. The van der Waals surface area contributed by atoms with Crippen LogP contribution < -0.4 is 0 Å². The molecule has 0 aliphatic rings. The molecule has 0 atom stereocenters. The van der Waals surface area contributed by atoms with Crippen LogP contribution in [-0.4, -0.2) is 20.2 Å². The van der Waals surface area contributed by atoms with Crippen molar-refractivity contribution in [3.8, 4) is 0 Å². The summed E-state index contributed by atoms with van der Waals surface area (Å²) >= 11 is 0. The molecule has 0 heterocycles. The van der Waals surface area contributed by atoms with E-state index >= 15 is 0 Å². The first-order valence-corrected chi connectivity index (χ1v) is 3.16. The molecule has 0 rings (SSSR count). The number of methoxy groups -OCH3 is 2. The number of esters is 1. The Hall–Kier alpha value is -1.25. The van der Waals surface area contributed by atoms with Crippen LogP contribution >= 0.6 is 0 Å². The van der Waals surface area contributed by atoms with Crippen molar-refractivity contribution in [3.63, 3.8) is 0 Å². The van der Waals surface area contributed by atoms with Crippen molar-refractivity contribution in [2.45, 2.75) is 6.92 Å². The van der Waals surface area contributed by atoms with E-state index in [9.17, 15) is 4.79 Å². The number of ether oxygens (including phenoxy) is 2. The molecule has 0 aliphatic carbocycles. The lowest BCUT2D eigenvalue weighted by molar-refractivity contribution is -0.134. The number of hydrogen-bond acceptors (Lipinski definition) is 3. The van der Waals surface area contributed by atoms with Crippen LogP contribution in [0.5, 0.6) is 0 Å². The van der Waals surface area contributed by atoms with Crippen LogP contribution in [0.4, 0.5) is 0 Å². The normalized spacial score (nSPS) is 11.7. The Morgan fingerprint density at radius 2 is 2.00 bits per heavy atom. The largest absolute Gasteiger partial charge is 0.504 e. The van der Waals surface area contributed by atoms with Gasteiger partial charge in [0.1, 0.15) is 0 Å². The smallest absolute Gasteiger partial charge is 0.330 e. The maximum absolute atomic E-state index is 10.6. The van der Waals surface area contributed by atoms with Crippen LogP contribution in [0, 0.1) is 0 Å². The fourth-order valence-corrected chi connectivity index (χ4v) is 0.468. The molecule has 3 heteroatoms. The summed E-state index contributed by atoms with van der Waals surface area (Å²) in [7, 11) is 2.88. The number of hydrogen-bond donors (Lipinski definition) is 0. The highest BCUT2D eigenvalue weighted by Crippen LogP contribution is 1.95. The molecule has 0 N–H and O–H groups in total. The fraction of sp³-hybridized carbons (Fsp3) is 0.375. The third-order valence-electron chi connectivity index (χ3n) is 1.01. The predicted octanol–water partition coefficient (Wildman–Crippen LogP) is 1.27. The number of allylic oxidation sites excluding steroid dienone is 2. The van der Waals surface area contributed by atoms with Gasteiger partial charge in [0.25, 0.3) is 0 Å². The summed E-state index contributed by atoms with van der Waals surface area (Å²) in [6.45, 7) is 1.78. The topological polar surface area (TPSA) is 35.5 Å². The molecule has 0 aliphatic heterocycles. The minimum absolute atomic E-state index is 0.358. The Labute approximate surface area is 66.3 Å². The molecule has 0 aromatic rings. The average Bonchev–Trinajstić information content (AvgIpc) is 2.00. The van der Waals surface area contributed by atoms with Gasteiger partial charge >= 0.3 is 5.97 Å². The van der Waals surface area contributed by atoms with Crippen molar-refractivity contribution in [2.75, 3.05) is 14.2 Å². The van der Waals surface area contributed by atoms with Gasteiger partial charge in [0.15, 0.2) is 0 Å². The number of rotatable bonds is 3. The molecule has 0 aromatic carbocycles. The first-order valence-electron chi connectivity index (χ1n) is 3.16. The van der Waals surface area contributed by atoms with Crippen molar-refractivity contribution in [1.82, 2.24) is 0 Å². The summed E-state index contributed by atoms with van der Waals surface area (Å²) in [4.78, 5) is 10.6. The lowest BCUT2D eigenvalue weighted by Crippen LogP contribution is -1.94. The summed E-state index contributed by atoms with van der Waals surface area (Å²) in [5, 5.41) is 0. The van der Waals surface area contributed by atoms with Gasteiger partial charge in [-0.2, -0.15) is 0 Å². The third-order valence-corrected chi connectivity index (χ3v) is 1.01. The van der Waals surface area contributed by atoms with Crippen molar-refractivity contribution >= 4 is 5.97 Å². The Bertz CT molecular complexity index is 180. The third kappa shape index (κ3) is 5.21. The fourth-order valence-electron chi connectivity index (χ4n) is 0.468. The van der Waals surface area contributed by atoms with Gasteiger partial charge < -0.3 is 9.47 Å². The van der Waals surface area contributed by atoms with Crippen LogP contribution in [0.3, 0.4) is 0 Å². The van der Waals surface area contributed by atoms with Crippen LogP contribution in [0.15, 0.2) is 24.0 Å². The van der Waals surface area contributed by atoms with Gasteiger partial charge in [0, 0.05) is 6.08 Å². The van der Waals surface area contributed by atoms with Gasteiger partial charge in [-0.05, 0) is 18.6 Å². The molecular formula is C8H12O3. The molecule has 0 spiro atoms. The average molecular weight is 156 g/mol. The summed E-state index contributed by atoms with van der Waals surface area (Å²) < 4.78 is 9.06. The second kappa shape index (κ2) is 5.53. The number of carbonyl (C=O) groups is 1. The van der Waals surface area contributed by atoms with Crippen LogP contribution in [0.1, 0.15) is 6.92 Å². The van der Waals surface area contributed by atoms with Gasteiger partial charge in [-0.3, -0.25) is 0 Å². The lowest BCUT2D eigenvalue weighted by atomic mass is 10.3. The van der Waals surface area contributed by atoms with Gasteiger partial charge in [0.05, 0.1) is 20.5 Å². The Morgan fingerprint density at radius 3 is 2.45 bits per heavy atom. The molecule has 0 amide bonds.